The standard InChI is InChI=1S/C8H5NO2.C2H4N4S.K.H/c10-7-5-3-1-2-4-6(5)8(11)9-7;3-1-2(4)6-7-5-1;;/h1-4H,(H,9,10,11);(H2,3,5)(H2,4,6);;. The van der Waals surface area contributed by atoms with Gasteiger partial charge in [0.15, 0.2) is 11.6 Å². The molecule has 0 spiro atoms. The second kappa shape index (κ2) is 7.08. The molecule has 1 aliphatic rings. The van der Waals surface area contributed by atoms with Gasteiger partial charge in [-0.15, -0.1) is 0 Å². The summed E-state index contributed by atoms with van der Waals surface area (Å²) in [5.74, 6) is 0.0474. The summed E-state index contributed by atoms with van der Waals surface area (Å²) in [6.45, 7) is 0. The molecule has 0 fully saturated rings. The Kier molecular flexibility index (Phi) is 6.04. The van der Waals surface area contributed by atoms with E-state index in [0.717, 1.165) is 11.7 Å². The van der Waals surface area contributed by atoms with E-state index in [-0.39, 0.29) is 63.2 Å². The molecule has 0 saturated carbocycles. The second-order valence-corrected chi connectivity index (χ2v) is 3.89. The summed E-state index contributed by atoms with van der Waals surface area (Å²) >= 11 is 1.02. The zero-order chi connectivity index (χ0) is 13.1. The van der Waals surface area contributed by atoms with Crippen LogP contribution < -0.4 is 16.8 Å². The van der Waals surface area contributed by atoms with E-state index >= 15 is 0 Å². The van der Waals surface area contributed by atoms with Crippen molar-refractivity contribution >= 4 is 86.6 Å². The van der Waals surface area contributed by atoms with E-state index in [4.69, 9.17) is 11.5 Å². The number of nitrogen functional groups attached to an aromatic ring is 2. The van der Waals surface area contributed by atoms with Crippen LogP contribution in [0.4, 0.5) is 11.6 Å². The molecule has 5 N–H and O–H groups in total. The van der Waals surface area contributed by atoms with Crippen molar-refractivity contribution in [2.75, 3.05) is 11.5 Å². The first-order valence-corrected chi connectivity index (χ1v) is 5.61. The van der Waals surface area contributed by atoms with Gasteiger partial charge in [-0.2, -0.15) is 8.75 Å². The van der Waals surface area contributed by atoms with E-state index in [0.29, 0.717) is 22.8 Å². The van der Waals surface area contributed by atoms with Crippen LogP contribution in [0.1, 0.15) is 20.7 Å². The molecule has 0 radical (unpaired) electrons. The van der Waals surface area contributed by atoms with Crippen LogP contribution in [-0.4, -0.2) is 71.9 Å². The number of aromatic nitrogens is 2. The van der Waals surface area contributed by atoms with E-state index in [9.17, 15) is 9.59 Å². The van der Waals surface area contributed by atoms with Crippen LogP contribution in [0.2, 0.25) is 0 Å². The van der Waals surface area contributed by atoms with E-state index in [2.05, 4.69) is 14.1 Å². The van der Waals surface area contributed by atoms with Gasteiger partial charge in [0.1, 0.15) is 0 Å². The summed E-state index contributed by atoms with van der Waals surface area (Å²) in [7, 11) is 0. The van der Waals surface area contributed by atoms with Gasteiger partial charge in [0.05, 0.1) is 22.9 Å². The summed E-state index contributed by atoms with van der Waals surface area (Å²) in [5, 5.41) is 2.20. The van der Waals surface area contributed by atoms with Crippen LogP contribution in [0.3, 0.4) is 0 Å². The van der Waals surface area contributed by atoms with E-state index in [1.54, 1.807) is 24.3 Å². The number of fused-ring (bicyclic) bond motifs is 1. The van der Waals surface area contributed by atoms with Crippen molar-refractivity contribution in [1.29, 1.82) is 0 Å². The first kappa shape index (κ1) is 16.2. The van der Waals surface area contributed by atoms with Gasteiger partial charge in [0.2, 0.25) is 0 Å². The third-order valence-electron chi connectivity index (χ3n) is 2.18. The minimum absolute atomic E-state index is 0. The number of nitrogens with two attached hydrogens (primary N) is 2. The summed E-state index contributed by atoms with van der Waals surface area (Å²) in [6, 6.07) is 6.74. The van der Waals surface area contributed by atoms with Gasteiger partial charge in [-0.05, 0) is 12.1 Å². The third kappa shape index (κ3) is 3.81. The molecule has 3 rings (SSSR count). The van der Waals surface area contributed by atoms with Crippen molar-refractivity contribution < 1.29 is 9.59 Å². The van der Waals surface area contributed by atoms with Crippen LogP contribution >= 0.6 is 11.7 Å². The first-order valence-electron chi connectivity index (χ1n) is 4.88. The SMILES string of the molecule is Nc1nsnc1N.O=C1NC(=O)c2ccccc21.[KH]. The Morgan fingerprint density at radius 3 is 1.68 bits per heavy atom. The molecule has 1 aliphatic heterocycles. The fourth-order valence-electron chi connectivity index (χ4n) is 1.32. The fraction of sp³-hybridized carbons (Fsp3) is 0. The quantitative estimate of drug-likeness (QED) is 0.450. The number of rotatable bonds is 0. The number of anilines is 2. The number of hydrogen-bond donors (Lipinski definition) is 3. The Morgan fingerprint density at radius 1 is 0.947 bits per heavy atom. The molecule has 9 heteroatoms. The van der Waals surface area contributed by atoms with E-state index in [1.165, 1.54) is 0 Å². The average molecular weight is 303 g/mol. The maximum atomic E-state index is 10.9. The Bertz CT molecular complexity index is 566. The summed E-state index contributed by atoms with van der Waals surface area (Å²) in [6.07, 6.45) is 0. The zero-order valence-corrected chi connectivity index (χ0v) is 9.90. The number of benzene rings is 1. The van der Waals surface area contributed by atoms with Crippen molar-refractivity contribution in [2.24, 2.45) is 0 Å². The normalized spacial score (nSPS) is 11.8. The van der Waals surface area contributed by atoms with Crippen LogP contribution in [0.5, 0.6) is 0 Å². The number of carbonyl (C=O) groups is 2. The molecule has 7 nitrogen and oxygen atoms in total. The Morgan fingerprint density at radius 2 is 1.37 bits per heavy atom. The molecular formula is C10H10KN5O2S. The molecule has 0 aliphatic carbocycles. The number of amides is 2. The fourth-order valence-corrected chi connectivity index (χ4v) is 1.72. The van der Waals surface area contributed by atoms with Crippen LogP contribution in [0.15, 0.2) is 24.3 Å². The van der Waals surface area contributed by atoms with Crippen molar-refractivity contribution in [3.05, 3.63) is 35.4 Å². The van der Waals surface area contributed by atoms with Gasteiger partial charge >= 0.3 is 51.4 Å². The molecule has 0 unspecified atom stereocenters. The summed E-state index contributed by atoms with van der Waals surface area (Å²) in [5.41, 5.74) is 11.2. The van der Waals surface area contributed by atoms with Gasteiger partial charge in [-0.25, -0.2) is 0 Å². The molecule has 0 bridgehead atoms. The monoisotopic (exact) mass is 303 g/mol. The first-order chi connectivity index (χ1) is 8.59. The molecule has 0 atom stereocenters. The molecule has 19 heavy (non-hydrogen) atoms. The molecule has 2 amide bonds. The molecule has 1 aromatic heterocycles. The van der Waals surface area contributed by atoms with Crippen LogP contribution in [0, 0.1) is 0 Å². The van der Waals surface area contributed by atoms with Gasteiger partial charge in [-0.3, -0.25) is 14.9 Å². The predicted octanol–water partition coefficient (Wildman–Crippen LogP) is -0.376. The predicted molar refractivity (Wildman–Crippen MR) is 74.1 cm³/mol. The van der Waals surface area contributed by atoms with Crippen LogP contribution in [0.25, 0.3) is 0 Å². The molecule has 1 aromatic carbocycles. The van der Waals surface area contributed by atoms with Crippen molar-refractivity contribution in [1.82, 2.24) is 14.1 Å². The Labute approximate surface area is 155 Å². The van der Waals surface area contributed by atoms with Crippen molar-refractivity contribution in [3.63, 3.8) is 0 Å². The zero-order valence-electron chi connectivity index (χ0n) is 9.08. The van der Waals surface area contributed by atoms with E-state index < -0.39 is 0 Å². The molecule has 2 heterocycles. The van der Waals surface area contributed by atoms with Crippen molar-refractivity contribution in [3.8, 4) is 0 Å². The topological polar surface area (TPSA) is 124 Å². The van der Waals surface area contributed by atoms with Gasteiger partial charge in [0, 0.05) is 0 Å². The number of nitrogens with one attached hydrogen (secondary N) is 1. The second-order valence-electron chi connectivity index (χ2n) is 3.36. The van der Waals surface area contributed by atoms with Gasteiger partial charge in [0.25, 0.3) is 11.8 Å². The Balaban J connectivity index is 0.000000198. The number of carbonyl (C=O) groups excluding carboxylic acids is 2. The summed E-state index contributed by atoms with van der Waals surface area (Å²) < 4.78 is 7.20. The molecular weight excluding hydrogens is 293 g/mol. The molecule has 94 valence electrons. The van der Waals surface area contributed by atoms with E-state index in [1.807, 2.05) is 0 Å². The van der Waals surface area contributed by atoms with Crippen LogP contribution in [-0.2, 0) is 0 Å². The minimum atomic E-state index is -0.300. The number of nitrogens with zero attached hydrogens (tertiary/aromatic N) is 2. The number of hydrogen-bond acceptors (Lipinski definition) is 7. The maximum absolute atomic E-state index is 10.9. The van der Waals surface area contributed by atoms with Gasteiger partial charge in [-0.1, -0.05) is 12.1 Å². The third-order valence-corrected chi connectivity index (χ3v) is 2.74. The molecule has 0 saturated heterocycles. The number of imide groups is 1. The molecule has 2 aromatic rings. The average Bonchev–Trinajstić information content (AvgIpc) is 2.87. The summed E-state index contributed by atoms with van der Waals surface area (Å²) in [4.78, 5) is 21.9. The van der Waals surface area contributed by atoms with Gasteiger partial charge < -0.3 is 11.5 Å². The Hall–Kier alpha value is -0.844. The van der Waals surface area contributed by atoms with Crippen molar-refractivity contribution in [2.45, 2.75) is 0 Å².